The molecular formula is C10H21NO. The van der Waals surface area contributed by atoms with Gasteiger partial charge >= 0.3 is 0 Å². The van der Waals surface area contributed by atoms with Gasteiger partial charge in [0.25, 0.3) is 0 Å². The standard InChI is InChI=1S/C10H21NO/c1-8(2)10(3,4)7-11-9-5-12-6-9/h8-9,11H,5-7H2,1-4H3. The Kier molecular flexibility index (Phi) is 3.13. The van der Waals surface area contributed by atoms with Crippen LogP contribution in [0, 0.1) is 11.3 Å². The molecule has 1 heterocycles. The summed E-state index contributed by atoms with van der Waals surface area (Å²) in [6, 6.07) is 0.614. The van der Waals surface area contributed by atoms with Crippen LogP contribution >= 0.6 is 0 Å². The molecule has 1 fully saturated rings. The molecule has 0 saturated carbocycles. The van der Waals surface area contributed by atoms with E-state index >= 15 is 0 Å². The summed E-state index contributed by atoms with van der Waals surface area (Å²) in [6.45, 7) is 12.1. The molecular weight excluding hydrogens is 150 g/mol. The predicted octanol–water partition coefficient (Wildman–Crippen LogP) is 1.66. The van der Waals surface area contributed by atoms with Gasteiger partial charge in [-0.05, 0) is 11.3 Å². The fourth-order valence-electron chi connectivity index (χ4n) is 0.965. The maximum atomic E-state index is 5.10. The minimum absolute atomic E-state index is 0.398. The van der Waals surface area contributed by atoms with Gasteiger partial charge in [-0.25, -0.2) is 0 Å². The zero-order valence-electron chi connectivity index (χ0n) is 8.68. The van der Waals surface area contributed by atoms with Crippen molar-refractivity contribution in [3.8, 4) is 0 Å². The van der Waals surface area contributed by atoms with E-state index in [0.717, 1.165) is 25.7 Å². The molecule has 1 rings (SSSR count). The zero-order valence-corrected chi connectivity index (χ0v) is 8.68. The van der Waals surface area contributed by atoms with Crippen LogP contribution in [-0.4, -0.2) is 25.8 Å². The quantitative estimate of drug-likeness (QED) is 0.694. The smallest absolute Gasteiger partial charge is 0.0643 e. The monoisotopic (exact) mass is 171 g/mol. The molecule has 0 aromatic rings. The third-order valence-electron chi connectivity index (χ3n) is 3.05. The number of hydrogen-bond acceptors (Lipinski definition) is 2. The van der Waals surface area contributed by atoms with Crippen LogP contribution in [0.2, 0.25) is 0 Å². The first-order valence-electron chi connectivity index (χ1n) is 4.83. The Hall–Kier alpha value is -0.0800. The Morgan fingerprint density at radius 1 is 1.42 bits per heavy atom. The molecule has 1 aliphatic rings. The number of nitrogens with one attached hydrogen (secondary N) is 1. The van der Waals surface area contributed by atoms with Gasteiger partial charge in [0.1, 0.15) is 0 Å². The van der Waals surface area contributed by atoms with Crippen molar-refractivity contribution >= 4 is 0 Å². The van der Waals surface area contributed by atoms with Crippen LogP contribution in [0.15, 0.2) is 0 Å². The van der Waals surface area contributed by atoms with Crippen LogP contribution in [0.25, 0.3) is 0 Å². The molecule has 0 bridgehead atoms. The van der Waals surface area contributed by atoms with Crippen molar-refractivity contribution in [2.75, 3.05) is 19.8 Å². The Morgan fingerprint density at radius 2 is 2.00 bits per heavy atom. The van der Waals surface area contributed by atoms with Crippen molar-refractivity contribution in [3.05, 3.63) is 0 Å². The molecule has 2 nitrogen and oxygen atoms in total. The second-order valence-corrected chi connectivity index (χ2v) is 4.76. The summed E-state index contributed by atoms with van der Waals surface area (Å²) in [4.78, 5) is 0. The summed E-state index contributed by atoms with van der Waals surface area (Å²) in [6.07, 6.45) is 0. The summed E-state index contributed by atoms with van der Waals surface area (Å²) in [5.74, 6) is 0.728. The fraction of sp³-hybridized carbons (Fsp3) is 1.00. The first-order chi connectivity index (χ1) is 5.52. The highest BCUT2D eigenvalue weighted by molar-refractivity contribution is 4.80. The van der Waals surface area contributed by atoms with E-state index in [0.29, 0.717) is 11.5 Å². The van der Waals surface area contributed by atoms with Crippen LogP contribution < -0.4 is 5.32 Å². The van der Waals surface area contributed by atoms with Crippen LogP contribution in [0.1, 0.15) is 27.7 Å². The summed E-state index contributed by atoms with van der Waals surface area (Å²) in [5.41, 5.74) is 0.398. The molecule has 0 aliphatic carbocycles. The molecule has 0 amide bonds. The maximum Gasteiger partial charge on any atom is 0.0643 e. The van der Waals surface area contributed by atoms with E-state index in [1.165, 1.54) is 0 Å². The molecule has 0 atom stereocenters. The van der Waals surface area contributed by atoms with Crippen LogP contribution in [0.5, 0.6) is 0 Å². The van der Waals surface area contributed by atoms with Gasteiger partial charge in [0.2, 0.25) is 0 Å². The Morgan fingerprint density at radius 3 is 2.33 bits per heavy atom. The number of rotatable bonds is 4. The topological polar surface area (TPSA) is 21.3 Å². The molecule has 0 aromatic heterocycles. The molecule has 1 saturated heterocycles. The van der Waals surface area contributed by atoms with Gasteiger partial charge in [-0.3, -0.25) is 0 Å². The van der Waals surface area contributed by atoms with Crippen LogP contribution in [0.3, 0.4) is 0 Å². The van der Waals surface area contributed by atoms with Gasteiger partial charge in [-0.1, -0.05) is 27.7 Å². The SMILES string of the molecule is CC(C)C(C)(C)CNC1COC1. The molecule has 2 heteroatoms. The van der Waals surface area contributed by atoms with Crippen molar-refractivity contribution in [1.82, 2.24) is 5.32 Å². The first-order valence-corrected chi connectivity index (χ1v) is 4.83. The van der Waals surface area contributed by atoms with Crippen LogP contribution in [-0.2, 0) is 4.74 Å². The molecule has 0 spiro atoms. The predicted molar refractivity (Wildman–Crippen MR) is 51.2 cm³/mol. The van der Waals surface area contributed by atoms with Crippen molar-refractivity contribution in [3.63, 3.8) is 0 Å². The van der Waals surface area contributed by atoms with E-state index in [2.05, 4.69) is 33.0 Å². The molecule has 12 heavy (non-hydrogen) atoms. The summed E-state index contributed by atoms with van der Waals surface area (Å²) in [5, 5.41) is 3.52. The lowest BCUT2D eigenvalue weighted by molar-refractivity contribution is -0.0102. The molecule has 0 radical (unpaired) electrons. The average Bonchev–Trinajstić information content (AvgIpc) is 1.83. The Labute approximate surface area is 75.7 Å². The van der Waals surface area contributed by atoms with E-state index in [1.54, 1.807) is 0 Å². The molecule has 72 valence electrons. The summed E-state index contributed by atoms with van der Waals surface area (Å²) >= 11 is 0. The van der Waals surface area contributed by atoms with Gasteiger partial charge in [0.15, 0.2) is 0 Å². The largest absolute Gasteiger partial charge is 0.378 e. The van der Waals surface area contributed by atoms with E-state index < -0.39 is 0 Å². The molecule has 0 unspecified atom stereocenters. The third kappa shape index (κ3) is 2.46. The van der Waals surface area contributed by atoms with Crippen molar-refractivity contribution in [2.24, 2.45) is 11.3 Å². The van der Waals surface area contributed by atoms with Crippen LogP contribution in [0.4, 0.5) is 0 Å². The van der Waals surface area contributed by atoms with Crippen molar-refractivity contribution < 1.29 is 4.74 Å². The Balaban J connectivity index is 2.19. The number of ether oxygens (including phenoxy) is 1. The van der Waals surface area contributed by atoms with Crippen molar-refractivity contribution in [1.29, 1.82) is 0 Å². The van der Waals surface area contributed by atoms with E-state index in [1.807, 2.05) is 0 Å². The van der Waals surface area contributed by atoms with E-state index in [4.69, 9.17) is 4.74 Å². The lowest BCUT2D eigenvalue weighted by Gasteiger charge is -2.34. The summed E-state index contributed by atoms with van der Waals surface area (Å²) < 4.78 is 5.10. The third-order valence-corrected chi connectivity index (χ3v) is 3.05. The lowest BCUT2D eigenvalue weighted by Crippen LogP contribution is -2.49. The highest BCUT2D eigenvalue weighted by atomic mass is 16.5. The second kappa shape index (κ2) is 3.75. The molecule has 1 aliphatic heterocycles. The first kappa shape index (κ1) is 10.0. The fourth-order valence-corrected chi connectivity index (χ4v) is 0.965. The maximum absolute atomic E-state index is 5.10. The second-order valence-electron chi connectivity index (χ2n) is 4.76. The Bertz CT molecular complexity index is 139. The van der Waals surface area contributed by atoms with Gasteiger partial charge in [-0.15, -0.1) is 0 Å². The van der Waals surface area contributed by atoms with E-state index in [9.17, 15) is 0 Å². The molecule has 0 aromatic carbocycles. The highest BCUT2D eigenvalue weighted by Crippen LogP contribution is 2.25. The normalized spacial score (nSPS) is 19.8. The van der Waals surface area contributed by atoms with Gasteiger partial charge in [-0.2, -0.15) is 0 Å². The zero-order chi connectivity index (χ0) is 9.19. The lowest BCUT2D eigenvalue weighted by atomic mass is 9.81. The number of hydrogen-bond donors (Lipinski definition) is 1. The minimum atomic E-state index is 0.398. The molecule has 1 N–H and O–H groups in total. The van der Waals surface area contributed by atoms with Gasteiger partial charge < -0.3 is 10.1 Å². The summed E-state index contributed by atoms with van der Waals surface area (Å²) in [7, 11) is 0. The van der Waals surface area contributed by atoms with Gasteiger partial charge in [0.05, 0.1) is 19.3 Å². The average molecular weight is 171 g/mol. The van der Waals surface area contributed by atoms with Crippen molar-refractivity contribution in [2.45, 2.75) is 33.7 Å². The van der Waals surface area contributed by atoms with E-state index in [-0.39, 0.29) is 0 Å². The highest BCUT2D eigenvalue weighted by Gasteiger charge is 2.25. The van der Waals surface area contributed by atoms with Gasteiger partial charge in [0, 0.05) is 6.54 Å². The minimum Gasteiger partial charge on any atom is -0.378 e.